The Labute approximate surface area is 106 Å². The van der Waals surface area contributed by atoms with Gasteiger partial charge in [0.2, 0.25) is 0 Å². The summed E-state index contributed by atoms with van der Waals surface area (Å²) < 4.78 is 2.52. The number of aromatic nitrogens is 2. The van der Waals surface area contributed by atoms with Crippen LogP contribution in [-0.2, 0) is 0 Å². The van der Waals surface area contributed by atoms with Crippen molar-refractivity contribution >= 4 is 33.2 Å². The summed E-state index contributed by atoms with van der Waals surface area (Å²) in [6.45, 7) is 0. The Morgan fingerprint density at radius 2 is 2.00 bits per heavy atom. The third kappa shape index (κ3) is 1.75. The molecule has 84 valence electrons. The first-order valence-corrected chi connectivity index (χ1v) is 6.14. The second kappa shape index (κ2) is 3.98. The molecular formula is C12H7ClN2OS. The van der Waals surface area contributed by atoms with Crippen LogP contribution in [0.5, 0.6) is 0 Å². The summed E-state index contributed by atoms with van der Waals surface area (Å²) in [7, 11) is 0. The van der Waals surface area contributed by atoms with Gasteiger partial charge >= 0.3 is 0 Å². The van der Waals surface area contributed by atoms with E-state index in [4.69, 9.17) is 11.6 Å². The lowest BCUT2D eigenvalue weighted by Gasteiger charge is -1.97. The summed E-state index contributed by atoms with van der Waals surface area (Å²) in [6, 6.07) is 11.0. The molecule has 0 aliphatic carbocycles. The fourth-order valence-electron chi connectivity index (χ4n) is 1.61. The molecule has 0 saturated heterocycles. The average molecular weight is 263 g/mol. The number of benzene rings is 1. The van der Waals surface area contributed by atoms with E-state index in [-0.39, 0.29) is 5.56 Å². The van der Waals surface area contributed by atoms with Crippen LogP contribution in [0.1, 0.15) is 0 Å². The summed E-state index contributed by atoms with van der Waals surface area (Å²) in [5.41, 5.74) is -0.0413. The zero-order valence-electron chi connectivity index (χ0n) is 8.63. The van der Waals surface area contributed by atoms with Crippen LogP contribution in [0.15, 0.2) is 47.4 Å². The fraction of sp³-hybridized carbons (Fsp3) is 0. The number of rotatable bonds is 1. The highest BCUT2D eigenvalue weighted by atomic mass is 35.5. The van der Waals surface area contributed by atoms with Gasteiger partial charge in [0, 0.05) is 6.20 Å². The third-order valence-corrected chi connectivity index (χ3v) is 3.72. The molecular weight excluding hydrogens is 256 g/mol. The number of pyridine rings is 1. The highest BCUT2D eigenvalue weighted by molar-refractivity contribution is 7.14. The van der Waals surface area contributed by atoms with Crippen LogP contribution >= 0.6 is 23.1 Å². The second-order valence-corrected chi connectivity index (χ2v) is 4.95. The van der Waals surface area contributed by atoms with E-state index in [1.807, 2.05) is 24.3 Å². The van der Waals surface area contributed by atoms with Crippen LogP contribution in [0.3, 0.4) is 0 Å². The molecule has 17 heavy (non-hydrogen) atoms. The summed E-state index contributed by atoms with van der Waals surface area (Å²) in [5.74, 6) is 0.598. The summed E-state index contributed by atoms with van der Waals surface area (Å²) in [5, 5.41) is 1.28. The number of nitrogens with zero attached hydrogens (tertiary/aromatic N) is 2. The Morgan fingerprint density at radius 1 is 1.18 bits per heavy atom. The molecule has 3 rings (SSSR count). The van der Waals surface area contributed by atoms with Gasteiger partial charge in [-0.1, -0.05) is 23.7 Å². The molecule has 0 amide bonds. The molecule has 0 N–H and O–H groups in total. The normalized spacial score (nSPS) is 10.9. The van der Waals surface area contributed by atoms with Crippen LogP contribution < -0.4 is 5.56 Å². The zero-order chi connectivity index (χ0) is 11.8. The summed E-state index contributed by atoms with van der Waals surface area (Å²) in [4.78, 5) is 16.3. The topological polar surface area (TPSA) is 34.9 Å². The maximum atomic E-state index is 12.1. The highest BCUT2D eigenvalue weighted by Gasteiger charge is 2.08. The van der Waals surface area contributed by atoms with Crippen molar-refractivity contribution in [2.24, 2.45) is 0 Å². The van der Waals surface area contributed by atoms with Gasteiger partial charge in [0.1, 0.15) is 5.82 Å². The minimum Gasteiger partial charge on any atom is -0.267 e. The van der Waals surface area contributed by atoms with Gasteiger partial charge in [-0.05, 0) is 35.8 Å². The van der Waals surface area contributed by atoms with Gasteiger partial charge < -0.3 is 0 Å². The Kier molecular flexibility index (Phi) is 2.46. The molecule has 2 heterocycles. The lowest BCUT2D eigenvalue weighted by Crippen LogP contribution is -2.11. The van der Waals surface area contributed by atoms with Crippen molar-refractivity contribution in [3.63, 3.8) is 0 Å². The van der Waals surface area contributed by atoms with Crippen molar-refractivity contribution in [1.29, 1.82) is 0 Å². The maximum absolute atomic E-state index is 12.1. The average Bonchev–Trinajstić information content (AvgIpc) is 2.69. The number of halogens is 1. The summed E-state index contributed by atoms with van der Waals surface area (Å²) in [6.07, 6.45) is 1.54. The van der Waals surface area contributed by atoms with Gasteiger partial charge in [0.05, 0.1) is 15.1 Å². The molecule has 0 radical (unpaired) electrons. The molecule has 0 aliphatic heterocycles. The van der Waals surface area contributed by atoms with Gasteiger partial charge in [-0.25, -0.2) is 8.94 Å². The van der Waals surface area contributed by atoms with E-state index in [0.29, 0.717) is 16.2 Å². The van der Waals surface area contributed by atoms with Crippen LogP contribution in [0.25, 0.3) is 15.9 Å². The smallest absolute Gasteiger partial charge is 0.267 e. The van der Waals surface area contributed by atoms with E-state index in [1.165, 1.54) is 17.7 Å². The molecule has 5 heteroatoms. The van der Waals surface area contributed by atoms with Gasteiger partial charge in [-0.15, -0.1) is 0 Å². The minimum atomic E-state index is -0.0413. The maximum Gasteiger partial charge on any atom is 0.274 e. The first-order valence-electron chi connectivity index (χ1n) is 4.99. The Hall–Kier alpha value is -1.65. The Bertz CT molecular complexity index is 730. The molecule has 3 aromatic rings. The van der Waals surface area contributed by atoms with Crippen LogP contribution in [0, 0.1) is 0 Å². The molecule has 0 saturated carbocycles. The Morgan fingerprint density at radius 3 is 2.71 bits per heavy atom. The number of fused-ring (bicyclic) bond motifs is 1. The van der Waals surface area contributed by atoms with E-state index in [1.54, 1.807) is 16.1 Å². The molecule has 0 fully saturated rings. The predicted octanol–water partition coefficient (Wildman–Crippen LogP) is 3.10. The first-order chi connectivity index (χ1) is 8.25. The van der Waals surface area contributed by atoms with Gasteiger partial charge in [-0.3, -0.25) is 4.79 Å². The van der Waals surface area contributed by atoms with Crippen molar-refractivity contribution in [3.8, 4) is 5.82 Å². The van der Waals surface area contributed by atoms with Crippen molar-refractivity contribution in [2.45, 2.75) is 0 Å². The quantitative estimate of drug-likeness (QED) is 0.675. The number of hydrogen-bond donors (Lipinski definition) is 0. The minimum absolute atomic E-state index is 0.0413. The molecule has 0 atom stereocenters. The van der Waals surface area contributed by atoms with Crippen molar-refractivity contribution in [1.82, 2.24) is 8.94 Å². The SMILES string of the molecule is O=c1c2ccccc2sn1-c1ccc(Cl)cn1. The molecule has 0 spiro atoms. The van der Waals surface area contributed by atoms with E-state index in [0.717, 1.165) is 4.70 Å². The van der Waals surface area contributed by atoms with E-state index in [9.17, 15) is 4.79 Å². The lowest BCUT2D eigenvalue weighted by atomic mass is 10.3. The van der Waals surface area contributed by atoms with Crippen molar-refractivity contribution in [2.75, 3.05) is 0 Å². The van der Waals surface area contributed by atoms with Crippen LogP contribution in [0.2, 0.25) is 5.02 Å². The fourth-order valence-corrected chi connectivity index (χ4v) is 2.70. The largest absolute Gasteiger partial charge is 0.274 e. The molecule has 1 aromatic carbocycles. The molecule has 0 unspecified atom stereocenters. The standard InChI is InChI=1S/C12H7ClN2OS/c13-8-5-6-11(14-7-8)15-12(16)9-3-1-2-4-10(9)17-15/h1-7H. The summed E-state index contributed by atoms with van der Waals surface area (Å²) >= 11 is 7.15. The molecule has 2 aromatic heterocycles. The highest BCUT2D eigenvalue weighted by Crippen LogP contribution is 2.19. The van der Waals surface area contributed by atoms with Crippen LogP contribution in [-0.4, -0.2) is 8.94 Å². The molecule has 0 aliphatic rings. The van der Waals surface area contributed by atoms with Crippen LogP contribution in [0.4, 0.5) is 0 Å². The van der Waals surface area contributed by atoms with Gasteiger partial charge in [0.25, 0.3) is 5.56 Å². The third-order valence-electron chi connectivity index (χ3n) is 2.41. The van der Waals surface area contributed by atoms with Gasteiger partial charge in [0.15, 0.2) is 0 Å². The molecule has 0 bridgehead atoms. The van der Waals surface area contributed by atoms with Crippen molar-refractivity contribution in [3.05, 3.63) is 58.0 Å². The first kappa shape index (κ1) is 10.5. The zero-order valence-corrected chi connectivity index (χ0v) is 10.2. The lowest BCUT2D eigenvalue weighted by molar-refractivity contribution is 1.06. The number of hydrogen-bond acceptors (Lipinski definition) is 3. The predicted molar refractivity (Wildman–Crippen MR) is 70.2 cm³/mol. The molecule has 3 nitrogen and oxygen atoms in total. The van der Waals surface area contributed by atoms with E-state index >= 15 is 0 Å². The van der Waals surface area contributed by atoms with Crippen molar-refractivity contribution < 1.29 is 0 Å². The van der Waals surface area contributed by atoms with E-state index < -0.39 is 0 Å². The monoisotopic (exact) mass is 262 g/mol. The van der Waals surface area contributed by atoms with E-state index in [2.05, 4.69) is 4.98 Å². The Balaban J connectivity index is 2.27. The van der Waals surface area contributed by atoms with Gasteiger partial charge in [-0.2, -0.15) is 0 Å². The second-order valence-electron chi connectivity index (χ2n) is 3.52.